The van der Waals surface area contributed by atoms with Crippen molar-refractivity contribution in [1.29, 1.82) is 0 Å². The summed E-state index contributed by atoms with van der Waals surface area (Å²) < 4.78 is 0. The highest BCUT2D eigenvalue weighted by Gasteiger charge is 2.22. The molecule has 2 saturated heterocycles. The first-order valence-electron chi connectivity index (χ1n) is 7.98. The molecule has 2 fully saturated rings. The Bertz CT molecular complexity index is 277. The average molecular weight is 267 g/mol. The maximum absolute atomic E-state index is 11.9. The number of hydrogen-bond donors (Lipinski definition) is 2. The molecule has 4 heteroatoms. The first-order valence-corrected chi connectivity index (χ1v) is 7.98. The standard InChI is InChI=1S/C15H29N3O/c1-13-6-4-7-16-14(13)12-15(19)17-8-5-11-18-9-2-3-10-18/h13-14,16H,2-12H2,1H3,(H,17,19). The van der Waals surface area contributed by atoms with Crippen LogP contribution in [0.3, 0.4) is 0 Å². The fraction of sp³-hybridized carbons (Fsp3) is 0.933. The van der Waals surface area contributed by atoms with Crippen LogP contribution in [-0.4, -0.2) is 49.6 Å². The van der Waals surface area contributed by atoms with Crippen LogP contribution in [0.4, 0.5) is 0 Å². The van der Waals surface area contributed by atoms with Gasteiger partial charge in [-0.3, -0.25) is 4.79 Å². The Morgan fingerprint density at radius 2 is 2.11 bits per heavy atom. The third kappa shape index (κ3) is 5.11. The predicted molar refractivity (Wildman–Crippen MR) is 78.1 cm³/mol. The van der Waals surface area contributed by atoms with Gasteiger partial charge in [-0.25, -0.2) is 0 Å². The van der Waals surface area contributed by atoms with Crippen LogP contribution in [0.5, 0.6) is 0 Å². The van der Waals surface area contributed by atoms with Crippen LogP contribution in [0, 0.1) is 5.92 Å². The monoisotopic (exact) mass is 267 g/mol. The van der Waals surface area contributed by atoms with Gasteiger partial charge in [0.2, 0.25) is 5.91 Å². The smallest absolute Gasteiger partial charge is 0.221 e. The normalized spacial score (nSPS) is 28.5. The van der Waals surface area contributed by atoms with Crippen LogP contribution in [0.1, 0.15) is 45.4 Å². The average Bonchev–Trinajstić information content (AvgIpc) is 2.91. The number of amides is 1. The van der Waals surface area contributed by atoms with E-state index in [2.05, 4.69) is 22.5 Å². The number of likely N-dealkylation sites (tertiary alicyclic amines) is 1. The number of rotatable bonds is 6. The zero-order chi connectivity index (χ0) is 13.5. The molecule has 2 unspecified atom stereocenters. The van der Waals surface area contributed by atoms with E-state index in [1.165, 1.54) is 38.8 Å². The number of carbonyl (C=O) groups is 1. The molecule has 0 spiro atoms. The van der Waals surface area contributed by atoms with E-state index in [0.29, 0.717) is 18.4 Å². The second-order valence-corrected chi connectivity index (χ2v) is 6.14. The zero-order valence-electron chi connectivity index (χ0n) is 12.3. The highest BCUT2D eigenvalue weighted by atomic mass is 16.1. The molecular formula is C15H29N3O. The van der Waals surface area contributed by atoms with E-state index in [1.54, 1.807) is 0 Å². The molecule has 2 N–H and O–H groups in total. The third-order valence-corrected chi connectivity index (χ3v) is 4.51. The van der Waals surface area contributed by atoms with Gasteiger partial charge < -0.3 is 15.5 Å². The summed E-state index contributed by atoms with van der Waals surface area (Å²) in [4.78, 5) is 14.4. The maximum atomic E-state index is 11.9. The van der Waals surface area contributed by atoms with Gasteiger partial charge in [-0.2, -0.15) is 0 Å². The zero-order valence-corrected chi connectivity index (χ0v) is 12.3. The first kappa shape index (κ1) is 14.8. The van der Waals surface area contributed by atoms with Crippen LogP contribution in [-0.2, 0) is 4.79 Å². The van der Waals surface area contributed by atoms with Crippen molar-refractivity contribution in [2.45, 2.75) is 51.5 Å². The molecule has 2 heterocycles. The van der Waals surface area contributed by atoms with Crippen molar-refractivity contribution < 1.29 is 4.79 Å². The van der Waals surface area contributed by atoms with Crippen LogP contribution in [0.25, 0.3) is 0 Å². The molecule has 0 radical (unpaired) electrons. The quantitative estimate of drug-likeness (QED) is 0.714. The Kier molecular flexibility index (Phi) is 6.11. The van der Waals surface area contributed by atoms with Crippen LogP contribution < -0.4 is 10.6 Å². The Labute approximate surface area is 117 Å². The Morgan fingerprint density at radius 1 is 1.32 bits per heavy atom. The molecule has 0 aromatic heterocycles. The van der Waals surface area contributed by atoms with Crippen molar-refractivity contribution in [3.05, 3.63) is 0 Å². The van der Waals surface area contributed by atoms with Gasteiger partial charge in [0.15, 0.2) is 0 Å². The second kappa shape index (κ2) is 7.85. The van der Waals surface area contributed by atoms with E-state index in [4.69, 9.17) is 0 Å². The van der Waals surface area contributed by atoms with Gasteiger partial charge >= 0.3 is 0 Å². The van der Waals surface area contributed by atoms with Gasteiger partial charge in [0.25, 0.3) is 0 Å². The lowest BCUT2D eigenvalue weighted by atomic mass is 9.90. The van der Waals surface area contributed by atoms with E-state index in [1.807, 2.05) is 0 Å². The number of nitrogens with one attached hydrogen (secondary N) is 2. The van der Waals surface area contributed by atoms with Gasteiger partial charge in [-0.15, -0.1) is 0 Å². The number of carbonyl (C=O) groups excluding carboxylic acids is 1. The van der Waals surface area contributed by atoms with Gasteiger partial charge in [-0.05, 0) is 64.2 Å². The molecule has 1 amide bonds. The molecule has 0 aromatic rings. The lowest BCUT2D eigenvalue weighted by Gasteiger charge is -2.29. The molecular weight excluding hydrogens is 238 g/mol. The van der Waals surface area contributed by atoms with Crippen molar-refractivity contribution in [3.8, 4) is 0 Å². The summed E-state index contributed by atoms with van der Waals surface area (Å²) in [5.74, 6) is 0.844. The summed E-state index contributed by atoms with van der Waals surface area (Å²) in [5.41, 5.74) is 0. The van der Waals surface area contributed by atoms with Crippen molar-refractivity contribution in [2.75, 3.05) is 32.7 Å². The SMILES string of the molecule is CC1CCCNC1CC(=O)NCCCN1CCCC1. The largest absolute Gasteiger partial charge is 0.356 e. The van der Waals surface area contributed by atoms with Crippen molar-refractivity contribution in [1.82, 2.24) is 15.5 Å². The van der Waals surface area contributed by atoms with Gasteiger partial charge in [-0.1, -0.05) is 6.92 Å². The Morgan fingerprint density at radius 3 is 2.84 bits per heavy atom. The predicted octanol–water partition coefficient (Wildman–Crippen LogP) is 1.37. The Hall–Kier alpha value is -0.610. The van der Waals surface area contributed by atoms with Crippen molar-refractivity contribution in [2.24, 2.45) is 5.92 Å². The fourth-order valence-electron chi connectivity index (χ4n) is 3.20. The summed E-state index contributed by atoms with van der Waals surface area (Å²) in [6.07, 6.45) is 6.91. The van der Waals surface area contributed by atoms with Gasteiger partial charge in [0.05, 0.1) is 0 Å². The van der Waals surface area contributed by atoms with E-state index in [0.717, 1.165) is 26.1 Å². The van der Waals surface area contributed by atoms with Crippen LogP contribution in [0.2, 0.25) is 0 Å². The summed E-state index contributed by atoms with van der Waals surface area (Å²) in [7, 11) is 0. The summed E-state index contributed by atoms with van der Waals surface area (Å²) >= 11 is 0. The summed E-state index contributed by atoms with van der Waals surface area (Å²) in [5, 5.41) is 6.53. The van der Waals surface area contributed by atoms with E-state index in [-0.39, 0.29) is 5.91 Å². The van der Waals surface area contributed by atoms with Gasteiger partial charge in [0, 0.05) is 19.0 Å². The molecule has 19 heavy (non-hydrogen) atoms. The molecule has 0 bridgehead atoms. The molecule has 0 aromatic carbocycles. The van der Waals surface area contributed by atoms with E-state index >= 15 is 0 Å². The van der Waals surface area contributed by atoms with Crippen LogP contribution in [0.15, 0.2) is 0 Å². The molecule has 110 valence electrons. The number of piperidine rings is 1. The number of hydrogen-bond acceptors (Lipinski definition) is 3. The summed E-state index contributed by atoms with van der Waals surface area (Å²) in [6.45, 7) is 7.78. The van der Waals surface area contributed by atoms with Gasteiger partial charge in [0.1, 0.15) is 0 Å². The fourth-order valence-corrected chi connectivity index (χ4v) is 3.20. The molecule has 2 aliphatic rings. The lowest BCUT2D eigenvalue weighted by Crippen LogP contribution is -2.43. The van der Waals surface area contributed by atoms with Crippen LogP contribution >= 0.6 is 0 Å². The van der Waals surface area contributed by atoms with E-state index < -0.39 is 0 Å². The molecule has 2 atom stereocenters. The van der Waals surface area contributed by atoms with Crippen molar-refractivity contribution in [3.63, 3.8) is 0 Å². The second-order valence-electron chi connectivity index (χ2n) is 6.14. The number of nitrogens with zero attached hydrogens (tertiary/aromatic N) is 1. The van der Waals surface area contributed by atoms with E-state index in [9.17, 15) is 4.79 Å². The summed E-state index contributed by atoms with van der Waals surface area (Å²) in [6, 6.07) is 0.382. The molecule has 0 aliphatic carbocycles. The topological polar surface area (TPSA) is 44.4 Å². The molecule has 0 saturated carbocycles. The lowest BCUT2D eigenvalue weighted by molar-refractivity contribution is -0.122. The maximum Gasteiger partial charge on any atom is 0.221 e. The minimum absolute atomic E-state index is 0.215. The minimum Gasteiger partial charge on any atom is -0.356 e. The molecule has 2 aliphatic heterocycles. The highest BCUT2D eigenvalue weighted by molar-refractivity contribution is 5.76. The first-order chi connectivity index (χ1) is 9.25. The molecule has 4 nitrogen and oxygen atoms in total. The minimum atomic E-state index is 0.215. The Balaban J connectivity index is 1.53. The highest BCUT2D eigenvalue weighted by Crippen LogP contribution is 2.17. The van der Waals surface area contributed by atoms with Crippen molar-refractivity contribution >= 4 is 5.91 Å². The molecule has 2 rings (SSSR count). The third-order valence-electron chi connectivity index (χ3n) is 4.51.